The highest BCUT2D eigenvalue weighted by molar-refractivity contribution is 5.96. The lowest BCUT2D eigenvalue weighted by Gasteiger charge is -2.28. The Labute approximate surface area is 229 Å². The number of fused-ring (bicyclic) bond motifs is 1. The Morgan fingerprint density at radius 1 is 0.744 bits per heavy atom. The van der Waals surface area contributed by atoms with E-state index in [-0.39, 0.29) is 11.1 Å². The fraction of sp³-hybridized carbons (Fsp3) is 0.235. The number of nitrogens with zero attached hydrogens (tertiary/aromatic N) is 5. The fourth-order valence-corrected chi connectivity index (χ4v) is 5.17. The maximum atomic E-state index is 9.92. The van der Waals surface area contributed by atoms with Crippen LogP contribution in [0.15, 0.2) is 60.2 Å². The van der Waals surface area contributed by atoms with Crippen LogP contribution in [0.1, 0.15) is 49.8 Å². The molecule has 1 saturated heterocycles. The lowest BCUT2D eigenvalue weighted by molar-refractivity contribution is 0.578. The minimum atomic E-state index is -0.00763. The second kappa shape index (κ2) is 12.4. The summed E-state index contributed by atoms with van der Waals surface area (Å²) < 4.78 is 0. The molecule has 0 unspecified atom stereocenters. The average Bonchev–Trinajstić information content (AvgIpc) is 2.98. The maximum Gasteiger partial charge on any atom is 0.138 e. The summed E-state index contributed by atoms with van der Waals surface area (Å²) in [5.41, 5.74) is 4.67. The lowest BCUT2D eigenvalue weighted by Crippen LogP contribution is -2.29. The molecule has 3 aromatic carbocycles. The van der Waals surface area contributed by atoms with Crippen molar-refractivity contribution in [1.82, 2.24) is 0 Å². The molecule has 3 aromatic rings. The highest BCUT2D eigenvalue weighted by Gasteiger charge is 2.16. The molecular weight excluding hydrogens is 478 g/mol. The van der Waals surface area contributed by atoms with Crippen LogP contribution in [-0.2, 0) is 6.42 Å². The van der Waals surface area contributed by atoms with Crippen molar-refractivity contribution in [3.8, 4) is 24.3 Å². The quantitative estimate of drug-likeness (QED) is 0.316. The number of hydrogen-bond donors (Lipinski definition) is 0. The number of nitriles is 4. The third-order valence-corrected chi connectivity index (χ3v) is 7.08. The number of piperidine rings is 1. The molecule has 1 fully saturated rings. The Morgan fingerprint density at radius 3 is 1.87 bits per heavy atom. The summed E-state index contributed by atoms with van der Waals surface area (Å²) in [6, 6.07) is 24.0. The van der Waals surface area contributed by atoms with Crippen molar-refractivity contribution in [1.29, 1.82) is 21.0 Å². The van der Waals surface area contributed by atoms with Crippen LogP contribution >= 0.6 is 0 Å². The van der Waals surface area contributed by atoms with Gasteiger partial charge in [-0.3, -0.25) is 0 Å². The molecule has 39 heavy (non-hydrogen) atoms. The minimum Gasteiger partial charge on any atom is -0.372 e. The molecule has 1 heterocycles. The SMILES string of the molecule is CC(C)=CCc1c(C=Cc2ccc(N3CCCCC3)cc2)c(=C(C#N)C#N)c2ccccc2c1=C(C#N)C#N. The molecule has 0 spiro atoms. The molecular formula is C34H29N5. The molecule has 190 valence electrons. The van der Waals surface area contributed by atoms with E-state index in [0.717, 1.165) is 29.8 Å². The highest BCUT2D eigenvalue weighted by Crippen LogP contribution is 2.22. The van der Waals surface area contributed by atoms with Gasteiger partial charge >= 0.3 is 0 Å². The Hall–Kier alpha value is -5.10. The Bertz CT molecular complexity index is 1720. The molecule has 0 saturated carbocycles. The zero-order valence-corrected chi connectivity index (χ0v) is 22.3. The Kier molecular flexibility index (Phi) is 8.59. The summed E-state index contributed by atoms with van der Waals surface area (Å²) in [4.78, 5) is 2.41. The third-order valence-electron chi connectivity index (χ3n) is 7.08. The topological polar surface area (TPSA) is 98.4 Å². The molecule has 0 amide bonds. The van der Waals surface area contributed by atoms with E-state index in [0.29, 0.717) is 33.2 Å². The van der Waals surface area contributed by atoms with E-state index in [4.69, 9.17) is 0 Å². The minimum absolute atomic E-state index is 0.00547. The van der Waals surface area contributed by atoms with Gasteiger partial charge in [-0.2, -0.15) is 21.0 Å². The van der Waals surface area contributed by atoms with Gasteiger partial charge in [0.2, 0.25) is 0 Å². The summed E-state index contributed by atoms with van der Waals surface area (Å²) in [7, 11) is 0. The monoisotopic (exact) mass is 507 g/mol. The van der Waals surface area contributed by atoms with Crippen LogP contribution in [0.2, 0.25) is 0 Å². The van der Waals surface area contributed by atoms with E-state index in [2.05, 4.69) is 53.4 Å². The van der Waals surface area contributed by atoms with E-state index in [1.807, 2.05) is 56.3 Å². The van der Waals surface area contributed by atoms with Crippen molar-refractivity contribution in [2.45, 2.75) is 39.5 Å². The standard InChI is InChI=1S/C34H29N5/c1-24(2)10-16-31-32(17-13-25-11-14-28(15-12-25)39-18-6-3-7-19-39)34(27(22-37)23-38)30-9-5-4-8-29(30)33(31)26(20-35)21-36/h4-5,8-15,17H,3,6-7,16,18-19H2,1-2H3. The number of benzene rings is 3. The average molecular weight is 508 g/mol. The summed E-state index contributed by atoms with van der Waals surface area (Å²) in [6.45, 7) is 6.12. The van der Waals surface area contributed by atoms with Crippen LogP contribution in [0.3, 0.4) is 0 Å². The van der Waals surface area contributed by atoms with Crippen molar-refractivity contribution >= 4 is 39.8 Å². The van der Waals surface area contributed by atoms with Gasteiger partial charge in [0.15, 0.2) is 0 Å². The summed E-state index contributed by atoms with van der Waals surface area (Å²) in [5.74, 6) is 0. The largest absolute Gasteiger partial charge is 0.372 e. The third kappa shape index (κ3) is 5.75. The van der Waals surface area contributed by atoms with Crippen molar-refractivity contribution in [2.24, 2.45) is 0 Å². The van der Waals surface area contributed by atoms with Gasteiger partial charge in [0, 0.05) is 29.2 Å². The highest BCUT2D eigenvalue weighted by atomic mass is 15.1. The van der Waals surface area contributed by atoms with Gasteiger partial charge in [-0.05, 0) is 79.1 Å². The van der Waals surface area contributed by atoms with Crippen molar-refractivity contribution < 1.29 is 0 Å². The number of hydrogen-bond acceptors (Lipinski definition) is 5. The van der Waals surface area contributed by atoms with Gasteiger partial charge in [-0.15, -0.1) is 0 Å². The van der Waals surface area contributed by atoms with E-state index in [1.165, 1.54) is 24.9 Å². The molecule has 4 rings (SSSR count). The number of rotatable bonds is 5. The van der Waals surface area contributed by atoms with Gasteiger partial charge in [-0.25, -0.2) is 0 Å². The maximum absolute atomic E-state index is 9.92. The molecule has 0 aliphatic carbocycles. The van der Waals surface area contributed by atoms with E-state index in [1.54, 1.807) is 0 Å². The van der Waals surface area contributed by atoms with Gasteiger partial charge in [0.25, 0.3) is 0 Å². The van der Waals surface area contributed by atoms with Crippen molar-refractivity contribution in [3.05, 3.63) is 87.3 Å². The second-order valence-electron chi connectivity index (χ2n) is 9.84. The van der Waals surface area contributed by atoms with Crippen LogP contribution < -0.4 is 15.3 Å². The first-order valence-electron chi connectivity index (χ1n) is 13.1. The van der Waals surface area contributed by atoms with Crippen LogP contribution in [0.5, 0.6) is 0 Å². The van der Waals surface area contributed by atoms with E-state index >= 15 is 0 Å². The normalized spacial score (nSPS) is 12.7. The first-order chi connectivity index (χ1) is 19.0. The lowest BCUT2D eigenvalue weighted by atomic mass is 9.89. The summed E-state index contributed by atoms with van der Waals surface area (Å²) in [6.07, 6.45) is 10.1. The van der Waals surface area contributed by atoms with Crippen molar-refractivity contribution in [2.75, 3.05) is 18.0 Å². The first-order valence-corrected chi connectivity index (χ1v) is 13.1. The molecule has 5 heteroatoms. The molecule has 1 aliphatic rings. The number of anilines is 1. The van der Waals surface area contributed by atoms with Crippen molar-refractivity contribution in [3.63, 3.8) is 0 Å². The Morgan fingerprint density at radius 2 is 1.31 bits per heavy atom. The zero-order valence-electron chi connectivity index (χ0n) is 22.3. The Balaban J connectivity index is 2.04. The zero-order chi connectivity index (χ0) is 27.8. The number of allylic oxidation sites excluding steroid dienone is 2. The van der Waals surface area contributed by atoms with Gasteiger partial charge in [0.1, 0.15) is 35.4 Å². The molecule has 0 atom stereocenters. The molecule has 0 aromatic heterocycles. The molecule has 0 radical (unpaired) electrons. The van der Waals surface area contributed by atoms with Gasteiger partial charge in [-0.1, -0.05) is 60.2 Å². The molecule has 0 bridgehead atoms. The predicted molar refractivity (Wildman–Crippen MR) is 157 cm³/mol. The second-order valence-corrected chi connectivity index (χ2v) is 9.84. The predicted octanol–water partition coefficient (Wildman–Crippen LogP) is 5.90. The van der Waals surface area contributed by atoms with E-state index < -0.39 is 0 Å². The smallest absolute Gasteiger partial charge is 0.138 e. The van der Waals surface area contributed by atoms with Crippen LogP contribution in [-0.4, -0.2) is 13.1 Å². The molecule has 1 aliphatic heterocycles. The van der Waals surface area contributed by atoms with Crippen LogP contribution in [0.4, 0.5) is 5.69 Å². The molecule has 5 nitrogen and oxygen atoms in total. The fourth-order valence-electron chi connectivity index (χ4n) is 5.17. The first kappa shape index (κ1) is 26.9. The van der Waals surface area contributed by atoms with Gasteiger partial charge in [0.05, 0.1) is 0 Å². The van der Waals surface area contributed by atoms with Crippen LogP contribution in [0, 0.1) is 45.3 Å². The molecule has 0 N–H and O–H groups in total. The summed E-state index contributed by atoms with van der Waals surface area (Å²) >= 11 is 0. The van der Waals surface area contributed by atoms with Crippen LogP contribution in [0.25, 0.3) is 34.1 Å². The summed E-state index contributed by atoms with van der Waals surface area (Å²) in [5, 5.41) is 42.0. The van der Waals surface area contributed by atoms with E-state index in [9.17, 15) is 21.0 Å². The van der Waals surface area contributed by atoms with Gasteiger partial charge < -0.3 is 4.90 Å².